The Bertz CT molecular complexity index is 5140. The van der Waals surface area contributed by atoms with Crippen LogP contribution < -0.4 is 37.7 Å². The number of hydrogen-bond donors (Lipinski definition) is 0. The van der Waals surface area contributed by atoms with E-state index >= 15 is 0 Å². The smallest absolute Gasteiger partial charge is 0.252 e. The maximum atomic E-state index is 2.77. The van der Waals surface area contributed by atoms with E-state index in [1.54, 1.807) is 0 Å². The molecular weight excluding hydrogens is 961 g/mol. The first-order valence-electron chi connectivity index (χ1n) is 27.2. The molecule has 3 nitrogen and oxygen atoms in total. The molecule has 12 aromatic carbocycles. The van der Waals surface area contributed by atoms with E-state index in [2.05, 4.69) is 263 Å². The summed E-state index contributed by atoms with van der Waals surface area (Å²) in [6.07, 6.45) is 0. The van der Waals surface area contributed by atoms with Crippen LogP contribution in [0.25, 0.3) is 120 Å². The minimum absolute atomic E-state index is 0.0358. The van der Waals surface area contributed by atoms with E-state index in [1.165, 1.54) is 164 Å². The highest BCUT2D eigenvalue weighted by molar-refractivity contribution is 7.27. The van der Waals surface area contributed by atoms with Crippen molar-refractivity contribution in [3.63, 3.8) is 0 Å². The van der Waals surface area contributed by atoms with E-state index < -0.39 is 0 Å². The zero-order valence-electron chi connectivity index (χ0n) is 42.1. The van der Waals surface area contributed by atoms with Gasteiger partial charge in [-0.3, -0.25) is 0 Å². The van der Waals surface area contributed by atoms with Crippen LogP contribution in [0.3, 0.4) is 0 Å². The van der Waals surface area contributed by atoms with Crippen LogP contribution in [-0.4, -0.2) is 22.6 Å². The van der Waals surface area contributed by atoms with E-state index in [0.29, 0.717) is 0 Å². The fraction of sp³-hybridized carbons (Fsp3) is 0. The second kappa shape index (κ2) is 15.1. The fourth-order valence-corrected chi connectivity index (χ4v) is 16.1. The number of nitrogens with zero attached hydrogens (tertiary/aromatic N) is 3. The van der Waals surface area contributed by atoms with Crippen LogP contribution in [0.4, 0.5) is 17.1 Å². The molecule has 0 fully saturated rings. The first-order chi connectivity index (χ1) is 38.7. The number of fused-ring (bicyclic) bond motifs is 14. The first-order valence-corrected chi connectivity index (χ1v) is 28.0. The molecule has 3 aromatic heterocycles. The van der Waals surface area contributed by atoms with Gasteiger partial charge in [0.2, 0.25) is 0 Å². The Balaban J connectivity index is 1.01. The summed E-state index contributed by atoms with van der Waals surface area (Å²) < 4.78 is 8.15. The average Bonchev–Trinajstić information content (AvgIpc) is 3.00. The van der Waals surface area contributed by atoms with E-state index in [-0.39, 0.29) is 13.4 Å². The molecule has 0 spiro atoms. The highest BCUT2D eigenvalue weighted by Crippen LogP contribution is 2.49. The van der Waals surface area contributed by atoms with Crippen LogP contribution in [0.15, 0.2) is 249 Å². The summed E-state index contributed by atoms with van der Waals surface area (Å²) in [6, 6.07) is 94.2. The minimum Gasteiger partial charge on any atom is -0.311 e. The third kappa shape index (κ3) is 5.30. The van der Waals surface area contributed by atoms with Crippen LogP contribution in [0.5, 0.6) is 0 Å². The second-order valence-electron chi connectivity index (χ2n) is 21.8. The summed E-state index contributed by atoms with van der Waals surface area (Å²) in [6.45, 7) is -0.0941. The Morgan fingerprint density at radius 2 is 0.859 bits per heavy atom. The number of aromatic nitrogens is 2. The second-order valence-corrected chi connectivity index (χ2v) is 22.9. The molecule has 7 heterocycles. The van der Waals surface area contributed by atoms with Gasteiger partial charge in [-0.15, -0.1) is 11.3 Å². The van der Waals surface area contributed by atoms with E-state index in [9.17, 15) is 0 Å². The number of thiophene rings is 1. The summed E-state index contributed by atoms with van der Waals surface area (Å²) in [5.41, 5.74) is 29.4. The summed E-state index contributed by atoms with van der Waals surface area (Å²) in [5.74, 6) is 0. The quantitative estimate of drug-likeness (QED) is 0.157. The predicted octanol–water partition coefficient (Wildman–Crippen LogP) is 14.7. The Labute approximate surface area is 454 Å². The number of anilines is 3. The van der Waals surface area contributed by atoms with Gasteiger partial charge in [-0.05, 0) is 126 Å². The Kier molecular flexibility index (Phi) is 8.04. The van der Waals surface area contributed by atoms with Crippen molar-refractivity contribution in [2.24, 2.45) is 0 Å². The van der Waals surface area contributed by atoms with Gasteiger partial charge in [0, 0.05) is 81.2 Å². The molecule has 4 aliphatic rings. The topological polar surface area (TPSA) is 13.1 Å². The van der Waals surface area contributed by atoms with Crippen LogP contribution in [0.1, 0.15) is 0 Å². The lowest BCUT2D eigenvalue weighted by Gasteiger charge is -2.44. The molecule has 19 rings (SSSR count). The van der Waals surface area contributed by atoms with Gasteiger partial charge in [-0.25, -0.2) is 0 Å². The maximum absolute atomic E-state index is 2.77. The summed E-state index contributed by atoms with van der Waals surface area (Å²) >= 11 is 1.96. The molecule has 0 saturated carbocycles. The Morgan fingerprint density at radius 1 is 0.308 bits per heavy atom. The third-order valence-electron chi connectivity index (χ3n) is 18.0. The van der Waals surface area contributed by atoms with Crippen molar-refractivity contribution in [1.29, 1.82) is 0 Å². The summed E-state index contributed by atoms with van der Waals surface area (Å²) in [7, 11) is 0. The Morgan fingerprint density at radius 3 is 1.60 bits per heavy atom. The summed E-state index contributed by atoms with van der Waals surface area (Å²) in [5, 5.41) is 7.95. The van der Waals surface area contributed by atoms with Crippen LogP contribution in [-0.2, 0) is 0 Å². The number of benzene rings is 12. The molecule has 78 heavy (non-hydrogen) atoms. The zero-order valence-corrected chi connectivity index (χ0v) is 42.9. The molecule has 0 N–H and O–H groups in total. The van der Waals surface area contributed by atoms with E-state index in [4.69, 9.17) is 0 Å². The van der Waals surface area contributed by atoms with Gasteiger partial charge in [-0.1, -0.05) is 200 Å². The summed E-state index contributed by atoms with van der Waals surface area (Å²) in [4.78, 5) is 2.61. The van der Waals surface area contributed by atoms with Crippen molar-refractivity contribution in [2.75, 3.05) is 4.90 Å². The molecule has 0 radical (unpaired) electrons. The predicted molar refractivity (Wildman–Crippen MR) is 334 cm³/mol. The largest absolute Gasteiger partial charge is 0.311 e. The van der Waals surface area contributed by atoms with E-state index in [0.717, 1.165) is 5.69 Å². The molecule has 0 unspecified atom stereocenters. The lowest BCUT2D eigenvalue weighted by Crippen LogP contribution is -2.67. The molecular formula is C72H41B2N3S. The van der Waals surface area contributed by atoms with Gasteiger partial charge in [0.25, 0.3) is 13.4 Å². The first kappa shape index (κ1) is 41.6. The third-order valence-corrected chi connectivity index (χ3v) is 19.2. The molecule has 356 valence electrons. The standard InChI is InChI=1S/C72H41B2N3S/c1-5-16-42(17-6-1)46-28-32-50(33-29-46)75-61-35-31-48(44-20-9-3-10-21-44)38-57(61)73-56-26-15-25-52-65-70-59(40-55-51-24-13-14-27-64(51)78-72(55)65)74-58-39-49(45-22-11-4-12-23-45)37-54-53-36-47(43-18-7-2-8-19-43)30-34-60(53)76(69(54)58)63-41-62(75)66(73)71(67(63)74)77(70)68(52)56/h1-41H. The van der Waals surface area contributed by atoms with Gasteiger partial charge < -0.3 is 14.0 Å². The highest BCUT2D eigenvalue weighted by Gasteiger charge is 2.50. The van der Waals surface area contributed by atoms with Crippen LogP contribution in [0.2, 0.25) is 0 Å². The van der Waals surface area contributed by atoms with Crippen molar-refractivity contribution < 1.29 is 0 Å². The van der Waals surface area contributed by atoms with Crippen LogP contribution in [0, 0.1) is 0 Å². The van der Waals surface area contributed by atoms with Crippen molar-refractivity contribution in [3.05, 3.63) is 249 Å². The molecule has 0 bridgehead atoms. The molecule has 6 heteroatoms. The van der Waals surface area contributed by atoms with Crippen molar-refractivity contribution in [3.8, 4) is 55.9 Å². The number of rotatable bonds is 5. The lowest BCUT2D eigenvalue weighted by atomic mass is 9.29. The Hall–Kier alpha value is -9.61. The average molecular weight is 1000 g/mol. The lowest BCUT2D eigenvalue weighted by molar-refractivity contribution is 1.14. The molecule has 15 aromatic rings. The molecule has 0 aliphatic carbocycles. The van der Waals surface area contributed by atoms with Crippen molar-refractivity contribution in [2.45, 2.75) is 0 Å². The minimum atomic E-state index is -0.0582. The van der Waals surface area contributed by atoms with Gasteiger partial charge in [0.15, 0.2) is 0 Å². The molecule has 0 saturated heterocycles. The maximum Gasteiger partial charge on any atom is 0.252 e. The zero-order chi connectivity index (χ0) is 50.5. The normalized spacial score (nSPS) is 13.3. The van der Waals surface area contributed by atoms with Crippen molar-refractivity contribution in [1.82, 2.24) is 9.13 Å². The SMILES string of the molecule is c1ccc(-c2ccc(N3c4ccc(-c5ccccc5)cc4B4c5c3cc3c6c5-n5c7c4cccc7c4c7sc8ccccc8c7cc(c45)B6c4cc(-c5ccccc5)cc5c6cc(-c7ccccc7)ccc6n-3c45)cc2)cc1. The monoisotopic (exact) mass is 1000 g/mol. The highest BCUT2D eigenvalue weighted by atomic mass is 32.1. The van der Waals surface area contributed by atoms with Gasteiger partial charge in [0.05, 0.1) is 11.0 Å². The van der Waals surface area contributed by atoms with Gasteiger partial charge in [0.1, 0.15) is 0 Å². The fourth-order valence-electron chi connectivity index (χ4n) is 14.9. The number of para-hydroxylation sites is 1. The van der Waals surface area contributed by atoms with Gasteiger partial charge >= 0.3 is 0 Å². The van der Waals surface area contributed by atoms with Crippen LogP contribution >= 0.6 is 11.3 Å². The van der Waals surface area contributed by atoms with Crippen molar-refractivity contribution >= 4 is 138 Å². The van der Waals surface area contributed by atoms with Gasteiger partial charge in [-0.2, -0.15) is 0 Å². The molecule has 4 aliphatic heterocycles. The molecule has 0 amide bonds. The molecule has 0 atom stereocenters. The van der Waals surface area contributed by atoms with E-state index in [1.807, 2.05) is 11.3 Å². The number of hydrogen-bond acceptors (Lipinski definition) is 2.